The molecule has 1 N–H and O–H groups in total. The summed E-state index contributed by atoms with van der Waals surface area (Å²) in [6, 6.07) is 17.2. The number of nitrogens with zero attached hydrogens (tertiary/aromatic N) is 2. The smallest absolute Gasteiger partial charge is 0.231 e. The van der Waals surface area contributed by atoms with Gasteiger partial charge in [-0.3, -0.25) is 9.59 Å². The first kappa shape index (κ1) is 14.8. The summed E-state index contributed by atoms with van der Waals surface area (Å²) in [5.74, 6) is -0.531. The number of nitrogens with one attached hydrogen (secondary N) is 1. The average molecular weight is 337 g/mol. The molecule has 4 rings (SSSR count). The number of fused-ring (bicyclic) bond motifs is 1. The fourth-order valence-electron chi connectivity index (χ4n) is 2.87. The maximum Gasteiger partial charge on any atom is 0.231 e. The Labute approximate surface area is 142 Å². The molecule has 0 saturated carbocycles. The average Bonchev–Trinajstić information content (AvgIpc) is 3.18. The zero-order chi connectivity index (χ0) is 16.5. The van der Waals surface area contributed by atoms with Gasteiger partial charge >= 0.3 is 0 Å². The fraction of sp³-hybridized carbons (Fsp3) is 0.167. The van der Waals surface area contributed by atoms with Gasteiger partial charge in [-0.1, -0.05) is 41.7 Å². The lowest BCUT2D eigenvalue weighted by Crippen LogP contribution is -2.28. The minimum atomic E-state index is -0.357. The van der Waals surface area contributed by atoms with E-state index < -0.39 is 0 Å². The molecule has 0 aliphatic carbocycles. The minimum Gasteiger partial charge on any atom is -0.312 e. The van der Waals surface area contributed by atoms with Crippen molar-refractivity contribution in [1.82, 2.24) is 4.98 Å². The normalized spacial score (nSPS) is 17.4. The lowest BCUT2D eigenvalue weighted by molar-refractivity contribution is -0.122. The molecule has 3 aromatic rings. The Morgan fingerprint density at radius 3 is 2.67 bits per heavy atom. The zero-order valence-electron chi connectivity index (χ0n) is 12.8. The standard InChI is InChI=1S/C18H15N3O2S/c22-16-10-12(11-21(16)13-6-2-1-3-7-13)17(23)20-18-19-14-8-4-5-9-15(14)24-18/h1-9,12H,10-11H2,(H,19,20,23)/t12-/m1/s1. The molecular formula is C18H15N3O2S. The van der Waals surface area contributed by atoms with Crippen molar-refractivity contribution in [1.29, 1.82) is 0 Å². The molecule has 2 aromatic carbocycles. The molecule has 0 unspecified atom stereocenters. The lowest BCUT2D eigenvalue weighted by atomic mass is 10.1. The number of carbonyl (C=O) groups is 2. The van der Waals surface area contributed by atoms with E-state index in [4.69, 9.17) is 0 Å². The van der Waals surface area contributed by atoms with Gasteiger partial charge in [-0.2, -0.15) is 0 Å². The van der Waals surface area contributed by atoms with Crippen molar-refractivity contribution in [2.24, 2.45) is 5.92 Å². The fourth-order valence-corrected chi connectivity index (χ4v) is 3.74. The van der Waals surface area contributed by atoms with E-state index in [-0.39, 0.29) is 24.2 Å². The second-order valence-corrected chi connectivity index (χ2v) is 6.75. The predicted octanol–water partition coefficient (Wildman–Crippen LogP) is 3.29. The van der Waals surface area contributed by atoms with Gasteiger partial charge in [0.1, 0.15) is 0 Å². The van der Waals surface area contributed by atoms with Crippen LogP contribution in [0, 0.1) is 5.92 Å². The Kier molecular flexibility index (Phi) is 3.74. The third-order valence-electron chi connectivity index (χ3n) is 4.09. The van der Waals surface area contributed by atoms with Gasteiger partial charge in [0, 0.05) is 18.7 Å². The van der Waals surface area contributed by atoms with Crippen molar-refractivity contribution >= 4 is 44.2 Å². The molecule has 0 bridgehead atoms. The van der Waals surface area contributed by atoms with Crippen LogP contribution in [0.25, 0.3) is 10.2 Å². The topological polar surface area (TPSA) is 62.3 Å². The quantitative estimate of drug-likeness (QED) is 0.798. The van der Waals surface area contributed by atoms with Crippen LogP contribution >= 0.6 is 11.3 Å². The van der Waals surface area contributed by atoms with E-state index in [0.717, 1.165) is 15.9 Å². The summed E-state index contributed by atoms with van der Waals surface area (Å²) in [6.45, 7) is 0.402. The number of hydrogen-bond acceptors (Lipinski definition) is 4. The third-order valence-corrected chi connectivity index (χ3v) is 5.04. The molecule has 0 spiro atoms. The molecule has 2 amide bonds. The van der Waals surface area contributed by atoms with Crippen LogP contribution in [0.15, 0.2) is 54.6 Å². The number of anilines is 2. The van der Waals surface area contributed by atoms with Gasteiger partial charge in [0.25, 0.3) is 0 Å². The Bertz CT molecular complexity index is 874. The summed E-state index contributed by atoms with van der Waals surface area (Å²) in [4.78, 5) is 30.8. The number of aromatic nitrogens is 1. The van der Waals surface area contributed by atoms with Crippen molar-refractivity contribution in [3.8, 4) is 0 Å². The van der Waals surface area contributed by atoms with E-state index in [1.807, 2.05) is 54.6 Å². The van der Waals surface area contributed by atoms with E-state index in [0.29, 0.717) is 11.7 Å². The van der Waals surface area contributed by atoms with Crippen LogP contribution in [0.2, 0.25) is 0 Å². The molecule has 120 valence electrons. The molecule has 1 fully saturated rings. The van der Waals surface area contributed by atoms with Crippen molar-refractivity contribution in [2.45, 2.75) is 6.42 Å². The minimum absolute atomic E-state index is 0.0225. The van der Waals surface area contributed by atoms with Crippen LogP contribution in [0.1, 0.15) is 6.42 Å². The van der Waals surface area contributed by atoms with E-state index >= 15 is 0 Å². The number of rotatable bonds is 3. The number of carbonyl (C=O) groups excluding carboxylic acids is 2. The van der Waals surface area contributed by atoms with Crippen LogP contribution in [0.4, 0.5) is 10.8 Å². The Morgan fingerprint density at radius 1 is 1.12 bits per heavy atom. The molecular weight excluding hydrogens is 322 g/mol. The Balaban J connectivity index is 1.48. The van der Waals surface area contributed by atoms with Crippen molar-refractivity contribution in [2.75, 3.05) is 16.8 Å². The molecule has 1 aromatic heterocycles. The van der Waals surface area contributed by atoms with Gasteiger partial charge in [-0.15, -0.1) is 0 Å². The van der Waals surface area contributed by atoms with Crippen molar-refractivity contribution in [3.05, 3.63) is 54.6 Å². The number of para-hydroxylation sites is 2. The van der Waals surface area contributed by atoms with Crippen LogP contribution in [0.3, 0.4) is 0 Å². The van der Waals surface area contributed by atoms with Gasteiger partial charge in [0.2, 0.25) is 11.8 Å². The molecule has 1 saturated heterocycles. The summed E-state index contributed by atoms with van der Waals surface area (Å²) in [5.41, 5.74) is 1.70. The molecule has 0 radical (unpaired) electrons. The molecule has 5 nitrogen and oxygen atoms in total. The number of hydrogen-bond donors (Lipinski definition) is 1. The SMILES string of the molecule is O=C(Nc1nc2ccccc2s1)[C@@H]1CC(=O)N(c2ccccc2)C1. The molecule has 1 aliphatic heterocycles. The molecule has 2 heterocycles. The van der Waals surface area contributed by atoms with Crippen LogP contribution in [-0.2, 0) is 9.59 Å². The highest BCUT2D eigenvalue weighted by molar-refractivity contribution is 7.22. The summed E-state index contributed by atoms with van der Waals surface area (Å²) < 4.78 is 1.03. The van der Waals surface area contributed by atoms with Gasteiger partial charge in [-0.05, 0) is 24.3 Å². The van der Waals surface area contributed by atoms with E-state index in [1.165, 1.54) is 11.3 Å². The largest absolute Gasteiger partial charge is 0.312 e. The summed E-state index contributed by atoms with van der Waals surface area (Å²) in [6.07, 6.45) is 0.228. The van der Waals surface area contributed by atoms with Gasteiger partial charge in [0.05, 0.1) is 16.1 Å². The van der Waals surface area contributed by atoms with E-state index in [9.17, 15) is 9.59 Å². The van der Waals surface area contributed by atoms with Crippen molar-refractivity contribution in [3.63, 3.8) is 0 Å². The first-order chi connectivity index (χ1) is 11.7. The Hall–Kier alpha value is -2.73. The molecule has 6 heteroatoms. The van der Waals surface area contributed by atoms with Gasteiger partial charge in [-0.25, -0.2) is 4.98 Å². The summed E-state index contributed by atoms with van der Waals surface area (Å²) in [5, 5.41) is 3.43. The number of thiazole rings is 1. The first-order valence-corrected chi connectivity index (χ1v) is 8.54. The second-order valence-electron chi connectivity index (χ2n) is 5.72. The number of benzene rings is 2. The number of amides is 2. The summed E-state index contributed by atoms with van der Waals surface area (Å²) in [7, 11) is 0. The maximum absolute atomic E-state index is 12.5. The molecule has 1 aliphatic rings. The molecule has 24 heavy (non-hydrogen) atoms. The van der Waals surface area contributed by atoms with E-state index in [1.54, 1.807) is 4.90 Å². The summed E-state index contributed by atoms with van der Waals surface area (Å²) >= 11 is 1.44. The predicted molar refractivity (Wildman–Crippen MR) is 95.2 cm³/mol. The first-order valence-electron chi connectivity index (χ1n) is 7.72. The lowest BCUT2D eigenvalue weighted by Gasteiger charge is -2.16. The maximum atomic E-state index is 12.5. The molecule has 1 atom stereocenters. The Morgan fingerprint density at radius 2 is 1.88 bits per heavy atom. The van der Waals surface area contributed by atoms with Crippen LogP contribution in [-0.4, -0.2) is 23.3 Å². The highest BCUT2D eigenvalue weighted by Gasteiger charge is 2.35. The van der Waals surface area contributed by atoms with Crippen LogP contribution in [0.5, 0.6) is 0 Å². The monoisotopic (exact) mass is 337 g/mol. The highest BCUT2D eigenvalue weighted by atomic mass is 32.1. The highest BCUT2D eigenvalue weighted by Crippen LogP contribution is 2.28. The van der Waals surface area contributed by atoms with Gasteiger partial charge in [0.15, 0.2) is 5.13 Å². The van der Waals surface area contributed by atoms with Crippen molar-refractivity contribution < 1.29 is 9.59 Å². The second kappa shape index (κ2) is 6.05. The van der Waals surface area contributed by atoms with Crippen LogP contribution < -0.4 is 10.2 Å². The van der Waals surface area contributed by atoms with E-state index in [2.05, 4.69) is 10.3 Å². The third kappa shape index (κ3) is 2.76. The zero-order valence-corrected chi connectivity index (χ0v) is 13.6. The van der Waals surface area contributed by atoms with Gasteiger partial charge < -0.3 is 10.2 Å².